The molecule has 0 spiro atoms. The van der Waals surface area contributed by atoms with E-state index < -0.39 is 6.86 Å². The van der Waals surface area contributed by atoms with Crippen molar-refractivity contribution >= 4 is 11.6 Å². The maximum Gasteiger partial charge on any atom is 0.228 e. The van der Waals surface area contributed by atoms with Crippen LogP contribution in [-0.4, -0.2) is 18.8 Å². The van der Waals surface area contributed by atoms with E-state index >= 15 is 0 Å². The number of nitrogens with zero attached hydrogens (tertiary/aromatic N) is 1. The Morgan fingerprint density at radius 1 is 1.44 bits per heavy atom. The zero-order valence-electron chi connectivity index (χ0n) is 9.15. The molecular formula is C12H14FNO2. The summed E-state index contributed by atoms with van der Waals surface area (Å²) in [5, 5.41) is 0. The minimum atomic E-state index is -0.835. The van der Waals surface area contributed by atoms with E-state index in [-0.39, 0.29) is 11.9 Å². The highest BCUT2D eigenvalue weighted by Crippen LogP contribution is 2.27. The fourth-order valence-electron chi connectivity index (χ4n) is 1.99. The van der Waals surface area contributed by atoms with Crippen molar-refractivity contribution in [2.24, 2.45) is 0 Å². The van der Waals surface area contributed by atoms with Crippen LogP contribution >= 0.6 is 0 Å². The van der Waals surface area contributed by atoms with E-state index in [1.807, 2.05) is 6.92 Å². The van der Waals surface area contributed by atoms with Gasteiger partial charge in [0.15, 0.2) is 0 Å². The van der Waals surface area contributed by atoms with Gasteiger partial charge in [-0.3, -0.25) is 4.79 Å². The lowest BCUT2D eigenvalue weighted by molar-refractivity contribution is -0.117. The summed E-state index contributed by atoms with van der Waals surface area (Å²) in [5.74, 6) is 0.622. The number of alkyl halides is 1. The third kappa shape index (κ3) is 2.01. The molecule has 0 radical (unpaired) electrons. The molecule has 3 nitrogen and oxygen atoms in total. The predicted octanol–water partition coefficient (Wildman–Crippen LogP) is 2.51. The number of halogens is 1. The third-order valence-electron chi connectivity index (χ3n) is 2.82. The molecule has 1 fully saturated rings. The quantitative estimate of drug-likeness (QED) is 0.788. The van der Waals surface area contributed by atoms with Crippen LogP contribution < -0.4 is 9.64 Å². The van der Waals surface area contributed by atoms with Crippen LogP contribution in [0, 0.1) is 0 Å². The molecule has 1 aromatic rings. The standard InChI is InChI=1S/C12H14FNO2/c1-9-2-7-12(15)14(9)10-3-5-11(6-4-10)16-8-13/h3-6,9H,2,7-8H2,1H3. The fraction of sp³-hybridized carbons (Fsp3) is 0.417. The Kier molecular flexibility index (Phi) is 3.08. The van der Waals surface area contributed by atoms with Gasteiger partial charge in [0.2, 0.25) is 12.8 Å². The summed E-state index contributed by atoms with van der Waals surface area (Å²) in [4.78, 5) is 13.4. The highest BCUT2D eigenvalue weighted by atomic mass is 19.1. The fourth-order valence-corrected chi connectivity index (χ4v) is 1.99. The zero-order valence-corrected chi connectivity index (χ0v) is 9.15. The van der Waals surface area contributed by atoms with E-state index in [0.29, 0.717) is 12.2 Å². The SMILES string of the molecule is CC1CCC(=O)N1c1ccc(OCF)cc1. The Morgan fingerprint density at radius 2 is 2.12 bits per heavy atom. The van der Waals surface area contributed by atoms with Gasteiger partial charge in [-0.15, -0.1) is 0 Å². The lowest BCUT2D eigenvalue weighted by atomic mass is 10.2. The van der Waals surface area contributed by atoms with Gasteiger partial charge < -0.3 is 9.64 Å². The average Bonchev–Trinajstić information content (AvgIpc) is 2.61. The highest BCUT2D eigenvalue weighted by molar-refractivity contribution is 5.96. The van der Waals surface area contributed by atoms with Crippen molar-refractivity contribution < 1.29 is 13.9 Å². The summed E-state index contributed by atoms with van der Waals surface area (Å²) in [5.41, 5.74) is 0.848. The Hall–Kier alpha value is -1.58. The first-order chi connectivity index (χ1) is 7.72. The number of anilines is 1. The Morgan fingerprint density at radius 3 is 2.62 bits per heavy atom. The van der Waals surface area contributed by atoms with Crippen LogP contribution in [0.25, 0.3) is 0 Å². The number of amides is 1. The summed E-state index contributed by atoms with van der Waals surface area (Å²) in [6.07, 6.45) is 1.49. The van der Waals surface area contributed by atoms with E-state index in [1.165, 1.54) is 0 Å². The molecule has 1 atom stereocenters. The molecule has 0 bridgehead atoms. The van der Waals surface area contributed by atoms with Crippen LogP contribution in [0.5, 0.6) is 5.75 Å². The molecule has 0 saturated carbocycles. The van der Waals surface area contributed by atoms with E-state index in [2.05, 4.69) is 0 Å². The van der Waals surface area contributed by atoms with Crippen LogP contribution in [0.4, 0.5) is 10.1 Å². The number of rotatable bonds is 3. The molecule has 1 saturated heterocycles. The van der Waals surface area contributed by atoms with Crippen molar-refractivity contribution in [2.75, 3.05) is 11.8 Å². The molecule has 86 valence electrons. The summed E-state index contributed by atoms with van der Waals surface area (Å²) >= 11 is 0. The molecule has 0 aliphatic carbocycles. The van der Waals surface area contributed by atoms with Crippen molar-refractivity contribution in [3.05, 3.63) is 24.3 Å². The van der Waals surface area contributed by atoms with E-state index in [1.54, 1.807) is 29.2 Å². The lowest BCUT2D eigenvalue weighted by Gasteiger charge is -2.21. The first-order valence-electron chi connectivity index (χ1n) is 5.33. The molecule has 1 unspecified atom stereocenters. The molecule has 16 heavy (non-hydrogen) atoms. The second-order valence-electron chi connectivity index (χ2n) is 3.90. The molecule has 2 rings (SSSR count). The Balaban J connectivity index is 2.17. The average molecular weight is 223 g/mol. The van der Waals surface area contributed by atoms with Gasteiger partial charge in [-0.1, -0.05) is 0 Å². The first kappa shape index (κ1) is 10.9. The van der Waals surface area contributed by atoms with Crippen LogP contribution in [0.15, 0.2) is 24.3 Å². The van der Waals surface area contributed by atoms with Gasteiger partial charge in [-0.2, -0.15) is 0 Å². The number of carbonyl (C=O) groups excluding carboxylic acids is 1. The highest BCUT2D eigenvalue weighted by Gasteiger charge is 2.28. The number of hydrogen-bond acceptors (Lipinski definition) is 2. The molecule has 1 heterocycles. The third-order valence-corrected chi connectivity index (χ3v) is 2.82. The van der Waals surface area contributed by atoms with E-state index in [9.17, 15) is 9.18 Å². The summed E-state index contributed by atoms with van der Waals surface area (Å²) in [7, 11) is 0. The molecule has 1 aliphatic heterocycles. The van der Waals surface area contributed by atoms with Crippen LogP contribution in [0.3, 0.4) is 0 Å². The minimum absolute atomic E-state index is 0.145. The molecule has 4 heteroatoms. The monoisotopic (exact) mass is 223 g/mol. The van der Waals surface area contributed by atoms with Crippen molar-refractivity contribution in [1.82, 2.24) is 0 Å². The maximum absolute atomic E-state index is 11.9. The van der Waals surface area contributed by atoms with Crippen LogP contribution in [0.1, 0.15) is 19.8 Å². The Bertz CT molecular complexity index is 377. The second kappa shape index (κ2) is 4.51. The first-order valence-corrected chi connectivity index (χ1v) is 5.33. The van der Waals surface area contributed by atoms with E-state index in [0.717, 1.165) is 12.1 Å². The van der Waals surface area contributed by atoms with Crippen molar-refractivity contribution in [3.8, 4) is 5.75 Å². The molecule has 1 aliphatic rings. The number of hydrogen-bond donors (Lipinski definition) is 0. The van der Waals surface area contributed by atoms with E-state index in [4.69, 9.17) is 4.74 Å². The molecule has 0 N–H and O–H groups in total. The molecule has 1 amide bonds. The summed E-state index contributed by atoms with van der Waals surface area (Å²) in [6.45, 7) is 1.19. The van der Waals surface area contributed by atoms with Gasteiger partial charge in [0.05, 0.1) is 0 Å². The van der Waals surface area contributed by atoms with Crippen LogP contribution in [-0.2, 0) is 4.79 Å². The largest absolute Gasteiger partial charge is 0.463 e. The topological polar surface area (TPSA) is 29.5 Å². The van der Waals surface area contributed by atoms with Crippen molar-refractivity contribution in [1.29, 1.82) is 0 Å². The molecule has 0 aromatic heterocycles. The van der Waals surface area contributed by atoms with Gasteiger partial charge >= 0.3 is 0 Å². The predicted molar refractivity (Wildman–Crippen MR) is 59.2 cm³/mol. The molecular weight excluding hydrogens is 209 g/mol. The lowest BCUT2D eigenvalue weighted by Crippen LogP contribution is -2.30. The van der Waals surface area contributed by atoms with Gasteiger partial charge in [0.1, 0.15) is 5.75 Å². The summed E-state index contributed by atoms with van der Waals surface area (Å²) in [6, 6.07) is 7.15. The van der Waals surface area contributed by atoms with Gasteiger partial charge in [-0.05, 0) is 37.6 Å². The minimum Gasteiger partial charge on any atom is -0.463 e. The van der Waals surface area contributed by atoms with Crippen molar-refractivity contribution in [3.63, 3.8) is 0 Å². The number of benzene rings is 1. The normalized spacial score (nSPS) is 20.2. The second-order valence-corrected chi connectivity index (χ2v) is 3.90. The van der Waals surface area contributed by atoms with Gasteiger partial charge in [-0.25, -0.2) is 4.39 Å². The van der Waals surface area contributed by atoms with Crippen LogP contribution in [0.2, 0.25) is 0 Å². The van der Waals surface area contributed by atoms with Crippen molar-refractivity contribution in [2.45, 2.75) is 25.8 Å². The molecule has 1 aromatic carbocycles. The Labute approximate surface area is 93.8 Å². The van der Waals surface area contributed by atoms with Gasteiger partial charge in [0, 0.05) is 18.2 Å². The number of ether oxygens (including phenoxy) is 1. The maximum atomic E-state index is 11.9. The smallest absolute Gasteiger partial charge is 0.228 e. The van der Waals surface area contributed by atoms with Gasteiger partial charge in [0.25, 0.3) is 0 Å². The number of carbonyl (C=O) groups is 1. The summed E-state index contributed by atoms with van der Waals surface area (Å²) < 4.78 is 16.6. The zero-order chi connectivity index (χ0) is 11.5.